The third-order valence-electron chi connectivity index (χ3n) is 2.19. The largest absolute Gasteiger partial charge is 0.398 e. The lowest BCUT2D eigenvalue weighted by Gasteiger charge is -2.04. The van der Waals surface area contributed by atoms with Crippen LogP contribution in [0.2, 0.25) is 0 Å². The summed E-state index contributed by atoms with van der Waals surface area (Å²) in [4.78, 5) is 5.58. The summed E-state index contributed by atoms with van der Waals surface area (Å²) in [6.07, 6.45) is 0. The summed E-state index contributed by atoms with van der Waals surface area (Å²) in [5.41, 5.74) is 9.11. The van der Waals surface area contributed by atoms with E-state index in [4.69, 9.17) is 5.73 Å². The molecule has 2 aromatic rings. The van der Waals surface area contributed by atoms with Crippen LogP contribution < -0.4 is 5.73 Å². The lowest BCUT2D eigenvalue weighted by atomic mass is 10.2. The first kappa shape index (κ1) is 11.5. The van der Waals surface area contributed by atoms with E-state index in [2.05, 4.69) is 23.4 Å². The number of nitrogens with two attached hydrogens (primary N) is 1. The van der Waals surface area contributed by atoms with Gasteiger partial charge in [0.25, 0.3) is 0 Å². The van der Waals surface area contributed by atoms with Crippen LogP contribution >= 0.6 is 23.1 Å². The average molecular weight is 250 g/mol. The van der Waals surface area contributed by atoms with Crippen molar-refractivity contribution in [2.45, 2.75) is 24.5 Å². The van der Waals surface area contributed by atoms with Crippen LogP contribution in [-0.2, 0) is 5.75 Å². The molecule has 84 valence electrons. The highest BCUT2D eigenvalue weighted by Crippen LogP contribution is 2.29. The van der Waals surface area contributed by atoms with Gasteiger partial charge in [0.2, 0.25) is 0 Å². The topological polar surface area (TPSA) is 38.9 Å². The predicted molar refractivity (Wildman–Crippen MR) is 72.0 cm³/mol. The molecule has 2 N–H and O–H groups in total. The molecule has 0 aliphatic carbocycles. The smallest absolute Gasteiger partial charge is 0.103 e. The number of anilines is 1. The van der Waals surface area contributed by atoms with Crippen LogP contribution in [0.25, 0.3) is 0 Å². The first-order valence-corrected chi connectivity index (χ1v) is 6.91. The maximum atomic E-state index is 5.92. The van der Waals surface area contributed by atoms with Crippen LogP contribution in [0.3, 0.4) is 0 Å². The number of hydrogen-bond donors (Lipinski definition) is 1. The van der Waals surface area contributed by atoms with E-state index in [9.17, 15) is 0 Å². The van der Waals surface area contributed by atoms with E-state index >= 15 is 0 Å². The third kappa shape index (κ3) is 2.77. The average Bonchev–Trinajstić information content (AvgIpc) is 2.66. The normalized spacial score (nSPS) is 10.6. The van der Waals surface area contributed by atoms with Gasteiger partial charge in [0, 0.05) is 21.7 Å². The van der Waals surface area contributed by atoms with Crippen molar-refractivity contribution >= 4 is 28.8 Å². The van der Waals surface area contributed by atoms with E-state index in [1.54, 1.807) is 23.1 Å². The van der Waals surface area contributed by atoms with Gasteiger partial charge in [-0.1, -0.05) is 6.07 Å². The molecule has 1 aromatic carbocycles. The monoisotopic (exact) mass is 250 g/mol. The quantitative estimate of drug-likeness (QED) is 0.668. The molecule has 0 spiro atoms. The molecule has 0 radical (unpaired) electrons. The number of nitrogen functional groups attached to an aromatic ring is 1. The zero-order chi connectivity index (χ0) is 11.5. The summed E-state index contributed by atoms with van der Waals surface area (Å²) in [6, 6.07) is 6.12. The third-order valence-corrected chi connectivity index (χ3v) is 4.42. The van der Waals surface area contributed by atoms with E-state index in [0.717, 1.165) is 27.0 Å². The fourth-order valence-corrected chi connectivity index (χ4v) is 3.23. The molecule has 0 fully saturated rings. The van der Waals surface area contributed by atoms with E-state index in [1.165, 1.54) is 5.56 Å². The molecule has 2 rings (SSSR count). The SMILES string of the molecule is Cc1ccc(N)c(SCc2nc(C)cs2)c1. The van der Waals surface area contributed by atoms with Crippen LogP contribution in [0.5, 0.6) is 0 Å². The Morgan fingerprint density at radius 2 is 2.19 bits per heavy atom. The Balaban J connectivity index is 2.07. The molecule has 1 aromatic heterocycles. The fourth-order valence-electron chi connectivity index (χ4n) is 1.38. The van der Waals surface area contributed by atoms with E-state index < -0.39 is 0 Å². The summed E-state index contributed by atoms with van der Waals surface area (Å²) in [5, 5.41) is 3.23. The van der Waals surface area contributed by atoms with Gasteiger partial charge < -0.3 is 5.73 Å². The summed E-state index contributed by atoms with van der Waals surface area (Å²) in [6.45, 7) is 4.10. The summed E-state index contributed by atoms with van der Waals surface area (Å²) >= 11 is 3.46. The van der Waals surface area contributed by atoms with Crippen molar-refractivity contribution in [2.24, 2.45) is 0 Å². The van der Waals surface area contributed by atoms with Crippen molar-refractivity contribution in [1.29, 1.82) is 0 Å². The van der Waals surface area contributed by atoms with Gasteiger partial charge in [-0.25, -0.2) is 4.98 Å². The highest BCUT2D eigenvalue weighted by molar-refractivity contribution is 7.98. The molecule has 0 saturated heterocycles. The zero-order valence-electron chi connectivity index (χ0n) is 9.36. The summed E-state index contributed by atoms with van der Waals surface area (Å²) in [5.74, 6) is 0.895. The Morgan fingerprint density at radius 1 is 1.38 bits per heavy atom. The second-order valence-electron chi connectivity index (χ2n) is 3.71. The first-order valence-electron chi connectivity index (χ1n) is 5.05. The van der Waals surface area contributed by atoms with Gasteiger partial charge >= 0.3 is 0 Å². The van der Waals surface area contributed by atoms with Crippen LogP contribution in [-0.4, -0.2) is 4.98 Å². The maximum absolute atomic E-state index is 5.92. The molecule has 0 atom stereocenters. The van der Waals surface area contributed by atoms with Crippen molar-refractivity contribution < 1.29 is 0 Å². The molecule has 1 heterocycles. The number of benzene rings is 1. The van der Waals surface area contributed by atoms with E-state index in [-0.39, 0.29) is 0 Å². The van der Waals surface area contributed by atoms with Crippen LogP contribution in [0.1, 0.15) is 16.3 Å². The predicted octanol–water partition coefficient (Wildman–Crippen LogP) is 3.63. The first-order chi connectivity index (χ1) is 7.65. The zero-order valence-corrected chi connectivity index (χ0v) is 11.0. The van der Waals surface area contributed by atoms with Gasteiger partial charge in [-0.05, 0) is 31.5 Å². The summed E-state index contributed by atoms with van der Waals surface area (Å²) < 4.78 is 0. The van der Waals surface area contributed by atoms with Crippen molar-refractivity contribution in [3.05, 3.63) is 39.8 Å². The van der Waals surface area contributed by atoms with Gasteiger partial charge in [0.05, 0.1) is 5.75 Å². The molecule has 0 amide bonds. The molecule has 0 aliphatic heterocycles. The highest BCUT2D eigenvalue weighted by Gasteiger charge is 2.03. The standard InChI is InChI=1S/C12H14N2S2/c1-8-3-4-10(13)11(5-8)15-7-12-14-9(2)6-16-12/h3-6H,7,13H2,1-2H3. The number of rotatable bonds is 3. The van der Waals surface area contributed by atoms with E-state index in [0.29, 0.717) is 0 Å². The molecule has 0 unspecified atom stereocenters. The van der Waals surface area contributed by atoms with Crippen LogP contribution in [0, 0.1) is 13.8 Å². The number of thioether (sulfide) groups is 1. The lowest BCUT2D eigenvalue weighted by Crippen LogP contribution is -1.89. The van der Waals surface area contributed by atoms with E-state index in [1.807, 2.05) is 19.1 Å². The fraction of sp³-hybridized carbons (Fsp3) is 0.250. The number of aromatic nitrogens is 1. The van der Waals surface area contributed by atoms with Crippen LogP contribution in [0.15, 0.2) is 28.5 Å². The Bertz CT molecular complexity index is 492. The second-order valence-corrected chi connectivity index (χ2v) is 5.67. The number of aryl methyl sites for hydroxylation is 2. The minimum Gasteiger partial charge on any atom is -0.398 e. The molecular weight excluding hydrogens is 236 g/mol. The number of nitrogens with zero attached hydrogens (tertiary/aromatic N) is 1. The minimum atomic E-state index is 0.851. The van der Waals surface area contributed by atoms with Gasteiger partial charge in [-0.3, -0.25) is 0 Å². The van der Waals surface area contributed by atoms with Gasteiger partial charge in [0.1, 0.15) is 5.01 Å². The maximum Gasteiger partial charge on any atom is 0.103 e. The summed E-state index contributed by atoms with van der Waals surface area (Å²) in [7, 11) is 0. The van der Waals surface area contributed by atoms with Crippen molar-refractivity contribution in [3.63, 3.8) is 0 Å². The highest BCUT2D eigenvalue weighted by atomic mass is 32.2. The molecular formula is C12H14N2S2. The minimum absolute atomic E-state index is 0.851. The Morgan fingerprint density at radius 3 is 2.88 bits per heavy atom. The molecule has 0 saturated carbocycles. The Kier molecular flexibility index (Phi) is 3.51. The molecule has 16 heavy (non-hydrogen) atoms. The van der Waals surface area contributed by atoms with Crippen molar-refractivity contribution in [1.82, 2.24) is 4.98 Å². The lowest BCUT2D eigenvalue weighted by molar-refractivity contribution is 1.18. The van der Waals surface area contributed by atoms with Crippen molar-refractivity contribution in [2.75, 3.05) is 5.73 Å². The van der Waals surface area contributed by atoms with Gasteiger partial charge in [0.15, 0.2) is 0 Å². The van der Waals surface area contributed by atoms with Crippen molar-refractivity contribution in [3.8, 4) is 0 Å². The molecule has 2 nitrogen and oxygen atoms in total. The molecule has 0 bridgehead atoms. The molecule has 4 heteroatoms. The number of hydrogen-bond acceptors (Lipinski definition) is 4. The second kappa shape index (κ2) is 4.89. The Hall–Kier alpha value is -1.00. The molecule has 0 aliphatic rings. The number of thiazole rings is 1. The Labute approximate surface area is 104 Å². The van der Waals surface area contributed by atoms with Gasteiger partial charge in [-0.2, -0.15) is 0 Å². The van der Waals surface area contributed by atoms with Gasteiger partial charge in [-0.15, -0.1) is 23.1 Å². The van der Waals surface area contributed by atoms with Crippen LogP contribution in [0.4, 0.5) is 5.69 Å².